The summed E-state index contributed by atoms with van der Waals surface area (Å²) in [4.78, 5) is 0. The molecule has 4 aromatic rings. The molecule has 1 aromatic heterocycles. The van der Waals surface area contributed by atoms with Gasteiger partial charge in [0.25, 0.3) is 0 Å². The molecule has 4 heteroatoms. The van der Waals surface area contributed by atoms with Crippen LogP contribution in [0.1, 0.15) is 5.56 Å². The van der Waals surface area contributed by atoms with Crippen molar-refractivity contribution in [2.75, 3.05) is 10.6 Å². The molecule has 0 saturated heterocycles. The third-order valence-corrected chi connectivity index (χ3v) is 4.15. The molecule has 0 radical (unpaired) electrons. The first-order valence-electron chi connectivity index (χ1n) is 7.75. The van der Waals surface area contributed by atoms with Crippen LogP contribution in [0.4, 0.5) is 11.4 Å². The van der Waals surface area contributed by atoms with E-state index in [2.05, 4.69) is 29.7 Å². The Hall–Kier alpha value is -2.85. The first-order valence-corrected chi connectivity index (χ1v) is 8.16. The topological polar surface area (TPSA) is 37.2 Å². The Labute approximate surface area is 145 Å². The molecule has 0 spiro atoms. The Bertz CT molecular complexity index is 1030. The van der Waals surface area contributed by atoms with Gasteiger partial charge in [-0.25, -0.2) is 0 Å². The number of furan rings is 1. The maximum absolute atomic E-state index is 5.90. The predicted octanol–water partition coefficient (Wildman–Crippen LogP) is 5.70. The first kappa shape index (κ1) is 14.7. The minimum absolute atomic E-state index is 0.550. The highest BCUT2D eigenvalue weighted by atomic mass is 32.1. The molecule has 0 amide bonds. The zero-order chi connectivity index (χ0) is 16.5. The molecule has 1 heterocycles. The predicted molar refractivity (Wildman–Crippen MR) is 105 cm³/mol. The third-order valence-electron chi connectivity index (χ3n) is 3.95. The number of aryl methyl sites for hydroxylation is 1. The Kier molecular flexibility index (Phi) is 3.67. The number of hydrogen-bond donors (Lipinski definition) is 2. The maximum atomic E-state index is 5.90. The average molecular weight is 332 g/mol. The van der Waals surface area contributed by atoms with E-state index < -0.39 is 0 Å². The molecule has 0 aliphatic carbocycles. The number of benzene rings is 3. The van der Waals surface area contributed by atoms with E-state index in [9.17, 15) is 0 Å². The second-order valence-corrected chi connectivity index (χ2v) is 6.16. The highest BCUT2D eigenvalue weighted by molar-refractivity contribution is 7.80. The zero-order valence-electron chi connectivity index (χ0n) is 13.2. The van der Waals surface area contributed by atoms with Gasteiger partial charge in [0, 0.05) is 28.2 Å². The normalized spacial score (nSPS) is 10.9. The monoisotopic (exact) mass is 332 g/mol. The van der Waals surface area contributed by atoms with Gasteiger partial charge in [-0.15, -0.1) is 0 Å². The molecule has 0 bridgehead atoms. The summed E-state index contributed by atoms with van der Waals surface area (Å²) in [6, 6.07) is 22.2. The van der Waals surface area contributed by atoms with Crippen LogP contribution >= 0.6 is 12.2 Å². The third kappa shape index (κ3) is 2.84. The molecule has 0 unspecified atom stereocenters. The fourth-order valence-corrected chi connectivity index (χ4v) is 2.97. The van der Waals surface area contributed by atoms with Gasteiger partial charge in [0.05, 0.1) is 0 Å². The quantitative estimate of drug-likeness (QED) is 0.461. The Balaban J connectivity index is 1.56. The van der Waals surface area contributed by atoms with Gasteiger partial charge < -0.3 is 15.1 Å². The van der Waals surface area contributed by atoms with Crippen LogP contribution in [0.3, 0.4) is 0 Å². The molecular weight excluding hydrogens is 316 g/mol. The van der Waals surface area contributed by atoms with Gasteiger partial charge in [0.15, 0.2) is 5.11 Å². The van der Waals surface area contributed by atoms with E-state index in [1.54, 1.807) is 0 Å². The van der Waals surface area contributed by atoms with Gasteiger partial charge in [0.1, 0.15) is 11.2 Å². The van der Waals surface area contributed by atoms with Crippen molar-refractivity contribution in [1.29, 1.82) is 0 Å². The summed E-state index contributed by atoms with van der Waals surface area (Å²) < 4.78 is 5.90. The lowest BCUT2D eigenvalue weighted by Gasteiger charge is -2.10. The smallest absolute Gasteiger partial charge is 0.175 e. The van der Waals surface area contributed by atoms with Crippen molar-refractivity contribution in [2.24, 2.45) is 0 Å². The molecule has 3 aromatic carbocycles. The van der Waals surface area contributed by atoms with Crippen LogP contribution in [-0.4, -0.2) is 5.11 Å². The summed E-state index contributed by atoms with van der Waals surface area (Å²) in [5, 5.41) is 9.16. The van der Waals surface area contributed by atoms with Crippen molar-refractivity contribution in [2.45, 2.75) is 6.92 Å². The number of rotatable bonds is 2. The van der Waals surface area contributed by atoms with Crippen LogP contribution in [-0.2, 0) is 0 Å². The van der Waals surface area contributed by atoms with Crippen LogP contribution in [0, 0.1) is 6.92 Å². The van der Waals surface area contributed by atoms with E-state index in [4.69, 9.17) is 16.6 Å². The van der Waals surface area contributed by atoms with Crippen molar-refractivity contribution in [3.05, 3.63) is 72.3 Å². The molecule has 0 saturated carbocycles. The lowest BCUT2D eigenvalue weighted by Crippen LogP contribution is -2.18. The number of hydrogen-bond acceptors (Lipinski definition) is 2. The summed E-state index contributed by atoms with van der Waals surface area (Å²) in [6.45, 7) is 2.06. The standard InChI is InChI=1S/C20H16N2OS/c1-13-6-8-14(9-7-13)21-20(24)22-15-10-11-17-16-4-2-3-5-18(16)23-19(17)12-15/h2-12H,1H3,(H2,21,22,24). The van der Waals surface area contributed by atoms with Gasteiger partial charge in [0.2, 0.25) is 0 Å². The Morgan fingerprint density at radius 3 is 2.29 bits per heavy atom. The van der Waals surface area contributed by atoms with E-state index in [0.717, 1.165) is 33.3 Å². The summed E-state index contributed by atoms with van der Waals surface area (Å²) in [5.41, 5.74) is 4.81. The van der Waals surface area contributed by atoms with Gasteiger partial charge in [-0.05, 0) is 49.5 Å². The molecule has 118 valence electrons. The second kappa shape index (κ2) is 5.98. The van der Waals surface area contributed by atoms with E-state index >= 15 is 0 Å². The highest BCUT2D eigenvalue weighted by Crippen LogP contribution is 2.30. The Morgan fingerprint density at radius 2 is 1.46 bits per heavy atom. The van der Waals surface area contributed by atoms with Crippen LogP contribution in [0.5, 0.6) is 0 Å². The van der Waals surface area contributed by atoms with E-state index in [-0.39, 0.29) is 0 Å². The minimum Gasteiger partial charge on any atom is -0.456 e. The summed E-state index contributed by atoms with van der Waals surface area (Å²) in [6.07, 6.45) is 0. The van der Waals surface area contributed by atoms with Crippen molar-refractivity contribution >= 4 is 50.6 Å². The molecule has 24 heavy (non-hydrogen) atoms. The zero-order valence-corrected chi connectivity index (χ0v) is 14.0. The second-order valence-electron chi connectivity index (χ2n) is 5.75. The largest absolute Gasteiger partial charge is 0.456 e. The van der Waals surface area contributed by atoms with E-state index in [1.807, 2.05) is 54.6 Å². The lowest BCUT2D eigenvalue weighted by atomic mass is 10.1. The molecular formula is C20H16N2OS. The van der Waals surface area contributed by atoms with E-state index in [0.29, 0.717) is 5.11 Å². The SMILES string of the molecule is Cc1ccc(NC(=S)Nc2ccc3c(c2)oc2ccccc23)cc1. The number of nitrogens with one attached hydrogen (secondary N) is 2. The van der Waals surface area contributed by atoms with Crippen LogP contribution in [0.15, 0.2) is 71.1 Å². The average Bonchev–Trinajstić information content (AvgIpc) is 2.94. The fourth-order valence-electron chi connectivity index (χ4n) is 2.73. The van der Waals surface area contributed by atoms with Gasteiger partial charge >= 0.3 is 0 Å². The van der Waals surface area contributed by atoms with Crippen LogP contribution in [0.2, 0.25) is 0 Å². The molecule has 3 nitrogen and oxygen atoms in total. The number of anilines is 2. The molecule has 0 aliphatic heterocycles. The summed E-state index contributed by atoms with van der Waals surface area (Å²) in [5.74, 6) is 0. The fraction of sp³-hybridized carbons (Fsp3) is 0.0500. The summed E-state index contributed by atoms with van der Waals surface area (Å²) >= 11 is 5.39. The first-order chi connectivity index (χ1) is 11.7. The maximum Gasteiger partial charge on any atom is 0.175 e. The summed E-state index contributed by atoms with van der Waals surface area (Å²) in [7, 11) is 0. The highest BCUT2D eigenvalue weighted by Gasteiger charge is 2.07. The minimum atomic E-state index is 0.550. The van der Waals surface area contributed by atoms with Crippen molar-refractivity contribution in [3.63, 3.8) is 0 Å². The van der Waals surface area contributed by atoms with Gasteiger partial charge in [-0.2, -0.15) is 0 Å². The van der Waals surface area contributed by atoms with Crippen molar-refractivity contribution in [3.8, 4) is 0 Å². The Morgan fingerprint density at radius 1 is 0.792 bits per heavy atom. The lowest BCUT2D eigenvalue weighted by molar-refractivity contribution is 0.669. The van der Waals surface area contributed by atoms with Crippen LogP contribution < -0.4 is 10.6 Å². The van der Waals surface area contributed by atoms with Gasteiger partial charge in [-0.3, -0.25) is 0 Å². The number of para-hydroxylation sites is 1. The van der Waals surface area contributed by atoms with Crippen molar-refractivity contribution in [1.82, 2.24) is 0 Å². The van der Waals surface area contributed by atoms with Gasteiger partial charge in [-0.1, -0.05) is 35.9 Å². The molecule has 0 atom stereocenters. The molecule has 0 aliphatic rings. The molecule has 2 N–H and O–H groups in total. The number of thiocarbonyl (C=S) groups is 1. The van der Waals surface area contributed by atoms with E-state index in [1.165, 1.54) is 5.56 Å². The van der Waals surface area contributed by atoms with Crippen molar-refractivity contribution < 1.29 is 4.42 Å². The van der Waals surface area contributed by atoms with Crippen LogP contribution in [0.25, 0.3) is 21.9 Å². The number of fused-ring (bicyclic) bond motifs is 3. The molecule has 4 rings (SSSR count). The molecule has 0 fully saturated rings.